The molecule has 0 spiro atoms. The third kappa shape index (κ3) is 2.30. The largest absolute Gasteiger partial charge is 0.326 e. The molecule has 1 fully saturated rings. The number of hydrogen-bond donors (Lipinski definition) is 1. The number of rotatable bonds is 4. The average Bonchev–Trinajstić information content (AvgIpc) is 2.85. The summed E-state index contributed by atoms with van der Waals surface area (Å²) >= 11 is 1.86. The highest BCUT2D eigenvalue weighted by Crippen LogP contribution is 2.19. The standard InChI is InChI=1S/C10H17N3S/c1-2-13-7-6-12-10(13)14-8-9-4-3-5-11-9/h6-7,9,11H,2-5,8H2,1H3/t9-/m0/s1. The van der Waals surface area contributed by atoms with Crippen molar-refractivity contribution in [3.8, 4) is 0 Å². The van der Waals surface area contributed by atoms with Gasteiger partial charge in [0.15, 0.2) is 5.16 Å². The van der Waals surface area contributed by atoms with Gasteiger partial charge < -0.3 is 9.88 Å². The van der Waals surface area contributed by atoms with Gasteiger partial charge in [0, 0.05) is 30.7 Å². The lowest BCUT2D eigenvalue weighted by Gasteiger charge is -2.09. The van der Waals surface area contributed by atoms with E-state index in [9.17, 15) is 0 Å². The van der Waals surface area contributed by atoms with Crippen LogP contribution in [0.4, 0.5) is 0 Å². The van der Waals surface area contributed by atoms with E-state index >= 15 is 0 Å². The van der Waals surface area contributed by atoms with Crippen molar-refractivity contribution >= 4 is 11.8 Å². The Morgan fingerprint density at radius 3 is 3.36 bits per heavy atom. The Morgan fingerprint density at radius 1 is 1.71 bits per heavy atom. The van der Waals surface area contributed by atoms with Crippen LogP contribution in [0.3, 0.4) is 0 Å². The van der Waals surface area contributed by atoms with E-state index in [0.29, 0.717) is 6.04 Å². The van der Waals surface area contributed by atoms with Crippen molar-refractivity contribution in [2.75, 3.05) is 12.3 Å². The predicted molar refractivity (Wildman–Crippen MR) is 59.6 cm³/mol. The number of nitrogens with zero attached hydrogens (tertiary/aromatic N) is 2. The summed E-state index contributed by atoms with van der Waals surface area (Å²) in [6.45, 7) is 4.35. The molecule has 1 N–H and O–H groups in total. The van der Waals surface area contributed by atoms with Crippen LogP contribution in [0.2, 0.25) is 0 Å². The SMILES string of the molecule is CCn1ccnc1SC[C@@H]1CCCN1. The Labute approximate surface area is 89.3 Å². The van der Waals surface area contributed by atoms with E-state index in [2.05, 4.69) is 21.8 Å². The summed E-state index contributed by atoms with van der Waals surface area (Å²) in [5.74, 6) is 1.15. The summed E-state index contributed by atoms with van der Waals surface area (Å²) in [5.41, 5.74) is 0. The smallest absolute Gasteiger partial charge is 0.167 e. The van der Waals surface area contributed by atoms with Gasteiger partial charge in [-0.05, 0) is 26.3 Å². The number of thioether (sulfide) groups is 1. The molecule has 2 heterocycles. The molecule has 1 saturated heterocycles. The quantitative estimate of drug-likeness (QED) is 0.769. The molecule has 0 aromatic carbocycles. The van der Waals surface area contributed by atoms with Crippen molar-refractivity contribution < 1.29 is 0 Å². The Kier molecular flexibility index (Phi) is 3.48. The van der Waals surface area contributed by atoms with E-state index in [-0.39, 0.29) is 0 Å². The molecule has 0 radical (unpaired) electrons. The monoisotopic (exact) mass is 211 g/mol. The molecule has 1 aliphatic heterocycles. The first kappa shape index (κ1) is 10.1. The third-order valence-electron chi connectivity index (χ3n) is 2.59. The zero-order chi connectivity index (χ0) is 9.80. The molecule has 4 heteroatoms. The molecule has 1 aromatic heterocycles. The summed E-state index contributed by atoms with van der Waals surface area (Å²) in [4.78, 5) is 4.35. The normalized spacial score (nSPS) is 21.6. The molecular weight excluding hydrogens is 194 g/mol. The summed E-state index contributed by atoms with van der Waals surface area (Å²) in [7, 11) is 0. The predicted octanol–water partition coefficient (Wildman–Crippen LogP) is 1.75. The molecular formula is C10H17N3S. The lowest BCUT2D eigenvalue weighted by Crippen LogP contribution is -2.23. The highest BCUT2D eigenvalue weighted by molar-refractivity contribution is 7.99. The van der Waals surface area contributed by atoms with Gasteiger partial charge in [-0.15, -0.1) is 0 Å². The second-order valence-corrected chi connectivity index (χ2v) is 4.59. The third-order valence-corrected chi connectivity index (χ3v) is 3.76. The topological polar surface area (TPSA) is 29.9 Å². The van der Waals surface area contributed by atoms with Gasteiger partial charge in [-0.1, -0.05) is 11.8 Å². The minimum atomic E-state index is 0.696. The second kappa shape index (κ2) is 4.84. The summed E-state index contributed by atoms with van der Waals surface area (Å²) in [6, 6.07) is 0.696. The maximum absolute atomic E-state index is 4.35. The fourth-order valence-electron chi connectivity index (χ4n) is 1.75. The number of nitrogens with one attached hydrogen (secondary N) is 1. The lowest BCUT2D eigenvalue weighted by atomic mass is 10.3. The Bertz CT molecular complexity index is 279. The maximum Gasteiger partial charge on any atom is 0.167 e. The van der Waals surface area contributed by atoms with Crippen molar-refractivity contribution in [2.45, 2.75) is 37.5 Å². The maximum atomic E-state index is 4.35. The minimum absolute atomic E-state index is 0.696. The molecule has 1 aromatic rings. The van der Waals surface area contributed by atoms with Crippen molar-refractivity contribution in [2.24, 2.45) is 0 Å². The van der Waals surface area contributed by atoms with Crippen LogP contribution >= 0.6 is 11.8 Å². The summed E-state index contributed by atoms with van der Waals surface area (Å²) in [6.07, 6.45) is 6.57. The summed E-state index contributed by atoms with van der Waals surface area (Å²) < 4.78 is 2.19. The van der Waals surface area contributed by atoms with E-state index < -0.39 is 0 Å². The minimum Gasteiger partial charge on any atom is -0.326 e. The number of aromatic nitrogens is 2. The zero-order valence-electron chi connectivity index (χ0n) is 8.57. The van der Waals surface area contributed by atoms with Crippen LogP contribution in [0.25, 0.3) is 0 Å². The number of aryl methyl sites for hydroxylation is 1. The molecule has 0 unspecified atom stereocenters. The highest BCUT2D eigenvalue weighted by atomic mass is 32.2. The van der Waals surface area contributed by atoms with Crippen LogP contribution in [-0.2, 0) is 6.54 Å². The highest BCUT2D eigenvalue weighted by Gasteiger charge is 2.14. The Hall–Kier alpha value is -0.480. The van der Waals surface area contributed by atoms with Gasteiger partial charge in [0.25, 0.3) is 0 Å². The molecule has 0 bridgehead atoms. The van der Waals surface area contributed by atoms with Gasteiger partial charge in [0.1, 0.15) is 0 Å². The molecule has 2 rings (SSSR count). The van der Waals surface area contributed by atoms with E-state index in [0.717, 1.165) is 17.5 Å². The first-order valence-corrected chi connectivity index (χ1v) is 6.26. The van der Waals surface area contributed by atoms with Gasteiger partial charge in [0.2, 0.25) is 0 Å². The second-order valence-electron chi connectivity index (χ2n) is 3.60. The fraction of sp³-hybridized carbons (Fsp3) is 0.700. The van der Waals surface area contributed by atoms with E-state index in [1.54, 1.807) is 0 Å². The van der Waals surface area contributed by atoms with Crippen molar-refractivity contribution in [1.29, 1.82) is 0 Å². The van der Waals surface area contributed by atoms with Crippen LogP contribution in [0.5, 0.6) is 0 Å². The van der Waals surface area contributed by atoms with Gasteiger partial charge in [-0.3, -0.25) is 0 Å². The van der Waals surface area contributed by atoms with Crippen molar-refractivity contribution in [3.63, 3.8) is 0 Å². The zero-order valence-corrected chi connectivity index (χ0v) is 9.39. The number of imidazole rings is 1. The molecule has 0 aliphatic carbocycles. The van der Waals surface area contributed by atoms with Gasteiger partial charge in [-0.25, -0.2) is 4.98 Å². The van der Waals surface area contributed by atoms with Crippen LogP contribution in [0.15, 0.2) is 17.6 Å². The van der Waals surface area contributed by atoms with Crippen LogP contribution in [-0.4, -0.2) is 27.9 Å². The average molecular weight is 211 g/mol. The molecule has 1 aliphatic rings. The summed E-state index contributed by atoms with van der Waals surface area (Å²) in [5, 5.41) is 4.65. The van der Waals surface area contributed by atoms with Crippen LogP contribution in [0.1, 0.15) is 19.8 Å². The molecule has 78 valence electrons. The van der Waals surface area contributed by atoms with E-state index in [1.165, 1.54) is 19.4 Å². The van der Waals surface area contributed by atoms with Gasteiger partial charge >= 0.3 is 0 Å². The first-order valence-electron chi connectivity index (χ1n) is 5.27. The Morgan fingerprint density at radius 2 is 2.64 bits per heavy atom. The lowest BCUT2D eigenvalue weighted by molar-refractivity contribution is 0.660. The molecule has 3 nitrogen and oxygen atoms in total. The molecule has 14 heavy (non-hydrogen) atoms. The first-order chi connectivity index (χ1) is 6.90. The Balaban J connectivity index is 1.84. The van der Waals surface area contributed by atoms with E-state index in [1.807, 2.05) is 24.2 Å². The van der Waals surface area contributed by atoms with Crippen LogP contribution < -0.4 is 5.32 Å². The molecule has 0 saturated carbocycles. The van der Waals surface area contributed by atoms with Crippen molar-refractivity contribution in [3.05, 3.63) is 12.4 Å². The molecule has 0 amide bonds. The van der Waals surface area contributed by atoms with Crippen molar-refractivity contribution in [1.82, 2.24) is 14.9 Å². The van der Waals surface area contributed by atoms with Gasteiger partial charge in [0.05, 0.1) is 0 Å². The fourth-order valence-corrected chi connectivity index (χ4v) is 2.88. The number of hydrogen-bond acceptors (Lipinski definition) is 3. The van der Waals surface area contributed by atoms with Gasteiger partial charge in [-0.2, -0.15) is 0 Å². The van der Waals surface area contributed by atoms with E-state index in [4.69, 9.17) is 0 Å². The molecule has 1 atom stereocenters. The van der Waals surface area contributed by atoms with Crippen LogP contribution in [0, 0.1) is 0 Å².